The van der Waals surface area contributed by atoms with Crippen LogP contribution in [0.5, 0.6) is 0 Å². The molecule has 13 heavy (non-hydrogen) atoms. The van der Waals surface area contributed by atoms with Gasteiger partial charge in [0.25, 0.3) is 0 Å². The summed E-state index contributed by atoms with van der Waals surface area (Å²) >= 11 is 0. The maximum absolute atomic E-state index is 11.5. The zero-order valence-corrected chi connectivity index (χ0v) is 9.39. The number of carbonyl (C=O) groups excluding carboxylic acids is 1. The third-order valence-corrected chi connectivity index (χ3v) is 2.28. The van der Waals surface area contributed by atoms with Gasteiger partial charge in [0.15, 0.2) is 0 Å². The van der Waals surface area contributed by atoms with Crippen molar-refractivity contribution in [2.24, 2.45) is 11.8 Å². The Morgan fingerprint density at radius 3 is 2.31 bits per heavy atom. The van der Waals surface area contributed by atoms with E-state index in [-0.39, 0.29) is 5.92 Å². The first kappa shape index (κ1) is 12.6. The summed E-state index contributed by atoms with van der Waals surface area (Å²) in [6, 6.07) is 0. The number of likely N-dealkylation sites (N-methyl/N-ethyl adjacent to an activating group) is 1. The molecule has 0 spiro atoms. The second kappa shape index (κ2) is 7.07. The molecule has 2 nitrogen and oxygen atoms in total. The molecule has 0 amide bonds. The van der Waals surface area contributed by atoms with Crippen LogP contribution in [0.1, 0.15) is 40.5 Å². The van der Waals surface area contributed by atoms with E-state index < -0.39 is 0 Å². The maximum atomic E-state index is 11.5. The van der Waals surface area contributed by atoms with Gasteiger partial charge in [0.1, 0.15) is 5.78 Å². The summed E-state index contributed by atoms with van der Waals surface area (Å²) in [6.45, 7) is 9.86. The normalized spacial score (nSPS) is 13.3. The third-order valence-electron chi connectivity index (χ3n) is 2.28. The van der Waals surface area contributed by atoms with Crippen LogP contribution in [-0.4, -0.2) is 18.9 Å². The molecule has 0 unspecified atom stereocenters. The van der Waals surface area contributed by atoms with Crippen LogP contribution in [0.25, 0.3) is 0 Å². The molecule has 1 N–H and O–H groups in total. The first-order chi connectivity index (χ1) is 6.07. The summed E-state index contributed by atoms with van der Waals surface area (Å²) in [7, 11) is 0. The molecule has 0 radical (unpaired) electrons. The first-order valence-electron chi connectivity index (χ1n) is 5.31. The van der Waals surface area contributed by atoms with Gasteiger partial charge in [-0.15, -0.1) is 0 Å². The minimum atomic E-state index is 0.224. The highest BCUT2D eigenvalue weighted by atomic mass is 16.1. The lowest BCUT2D eigenvalue weighted by atomic mass is 9.96. The Labute approximate surface area is 82.1 Å². The average molecular weight is 185 g/mol. The van der Waals surface area contributed by atoms with Gasteiger partial charge in [-0.25, -0.2) is 0 Å². The molecule has 0 aliphatic carbocycles. The molecule has 0 aromatic heterocycles. The molecule has 0 heterocycles. The average Bonchev–Trinajstić information content (AvgIpc) is 2.10. The molecular formula is C11H23NO. The van der Waals surface area contributed by atoms with Gasteiger partial charge in [-0.1, -0.05) is 34.1 Å². The van der Waals surface area contributed by atoms with Crippen molar-refractivity contribution in [2.45, 2.75) is 40.5 Å². The van der Waals surface area contributed by atoms with Crippen LogP contribution >= 0.6 is 0 Å². The third kappa shape index (κ3) is 6.76. The molecule has 0 bridgehead atoms. The second-order valence-corrected chi connectivity index (χ2v) is 4.12. The highest BCUT2D eigenvalue weighted by Crippen LogP contribution is 2.12. The minimum Gasteiger partial charge on any atom is -0.310 e. The fourth-order valence-electron chi connectivity index (χ4n) is 1.17. The van der Waals surface area contributed by atoms with E-state index in [2.05, 4.69) is 19.2 Å². The standard InChI is InChI=1S/C11H23NO/c1-5-12-8-11(13)10(4)7-6-9(2)3/h9-10,12H,5-8H2,1-4H3/t10-/m0/s1. The molecular weight excluding hydrogens is 162 g/mol. The van der Waals surface area contributed by atoms with Crippen molar-refractivity contribution in [2.75, 3.05) is 13.1 Å². The lowest BCUT2D eigenvalue weighted by molar-refractivity contribution is -0.121. The summed E-state index contributed by atoms with van der Waals surface area (Å²) in [5, 5.41) is 3.07. The van der Waals surface area contributed by atoms with Gasteiger partial charge in [0, 0.05) is 5.92 Å². The smallest absolute Gasteiger partial charge is 0.149 e. The van der Waals surface area contributed by atoms with Crippen LogP contribution < -0.4 is 5.32 Å². The zero-order chi connectivity index (χ0) is 10.3. The Morgan fingerprint density at radius 2 is 1.85 bits per heavy atom. The number of ketones is 1. The van der Waals surface area contributed by atoms with Crippen LogP contribution in [0.15, 0.2) is 0 Å². The van der Waals surface area contributed by atoms with Crippen LogP contribution in [0.3, 0.4) is 0 Å². The number of carbonyl (C=O) groups is 1. The molecule has 78 valence electrons. The number of Topliss-reactive ketones (excluding diaryl/α,β-unsaturated/α-hetero) is 1. The van der Waals surface area contributed by atoms with Gasteiger partial charge >= 0.3 is 0 Å². The molecule has 0 saturated carbocycles. The van der Waals surface area contributed by atoms with Crippen molar-refractivity contribution >= 4 is 5.78 Å². The second-order valence-electron chi connectivity index (χ2n) is 4.12. The lowest BCUT2D eigenvalue weighted by Crippen LogP contribution is -2.27. The van der Waals surface area contributed by atoms with Crippen molar-refractivity contribution in [1.82, 2.24) is 5.32 Å². The maximum Gasteiger partial charge on any atom is 0.149 e. The van der Waals surface area contributed by atoms with Crippen LogP contribution in [0.4, 0.5) is 0 Å². The van der Waals surface area contributed by atoms with Gasteiger partial charge < -0.3 is 5.32 Å². The quantitative estimate of drug-likeness (QED) is 0.659. The summed E-state index contributed by atoms with van der Waals surface area (Å²) in [4.78, 5) is 11.5. The highest BCUT2D eigenvalue weighted by Gasteiger charge is 2.11. The van der Waals surface area contributed by atoms with Crippen molar-refractivity contribution in [3.05, 3.63) is 0 Å². The Kier molecular flexibility index (Phi) is 6.87. The predicted molar refractivity (Wildman–Crippen MR) is 56.8 cm³/mol. The first-order valence-corrected chi connectivity index (χ1v) is 5.31. The van der Waals surface area contributed by atoms with Gasteiger partial charge in [-0.05, 0) is 18.9 Å². The Bertz CT molecular complexity index is 143. The zero-order valence-electron chi connectivity index (χ0n) is 9.39. The van der Waals surface area contributed by atoms with E-state index in [4.69, 9.17) is 0 Å². The van der Waals surface area contributed by atoms with Crippen LogP contribution in [0.2, 0.25) is 0 Å². The van der Waals surface area contributed by atoms with Gasteiger partial charge in [-0.3, -0.25) is 4.79 Å². The summed E-state index contributed by atoms with van der Waals surface area (Å²) < 4.78 is 0. The summed E-state index contributed by atoms with van der Waals surface area (Å²) in [6.07, 6.45) is 2.18. The molecule has 0 aromatic carbocycles. The van der Waals surface area contributed by atoms with Gasteiger partial charge in [0.05, 0.1) is 6.54 Å². The number of nitrogens with one attached hydrogen (secondary N) is 1. The fourth-order valence-corrected chi connectivity index (χ4v) is 1.17. The van der Waals surface area contributed by atoms with Crippen molar-refractivity contribution < 1.29 is 4.79 Å². The van der Waals surface area contributed by atoms with Crippen LogP contribution in [0, 0.1) is 11.8 Å². The fraction of sp³-hybridized carbons (Fsp3) is 0.909. The van der Waals surface area contributed by atoms with Gasteiger partial charge in [0.2, 0.25) is 0 Å². The molecule has 0 aromatic rings. The molecule has 0 fully saturated rings. The topological polar surface area (TPSA) is 29.1 Å². The van der Waals surface area contributed by atoms with Crippen LogP contribution in [-0.2, 0) is 4.79 Å². The van der Waals surface area contributed by atoms with E-state index in [0.717, 1.165) is 19.4 Å². The van der Waals surface area contributed by atoms with Crippen molar-refractivity contribution in [1.29, 1.82) is 0 Å². The summed E-state index contributed by atoms with van der Waals surface area (Å²) in [5.74, 6) is 1.28. The Balaban J connectivity index is 3.57. The molecule has 2 heteroatoms. The number of hydrogen-bond donors (Lipinski definition) is 1. The van der Waals surface area contributed by atoms with E-state index in [1.54, 1.807) is 0 Å². The number of rotatable bonds is 7. The molecule has 0 saturated heterocycles. The van der Waals surface area contributed by atoms with E-state index >= 15 is 0 Å². The lowest BCUT2D eigenvalue weighted by Gasteiger charge is -2.11. The minimum absolute atomic E-state index is 0.224. The largest absolute Gasteiger partial charge is 0.310 e. The van der Waals surface area contributed by atoms with E-state index in [1.165, 1.54) is 0 Å². The van der Waals surface area contributed by atoms with Crippen molar-refractivity contribution in [3.63, 3.8) is 0 Å². The molecule has 0 aliphatic rings. The Hall–Kier alpha value is -0.370. The molecule has 0 rings (SSSR count). The summed E-state index contributed by atoms with van der Waals surface area (Å²) in [5.41, 5.74) is 0. The molecule has 0 aliphatic heterocycles. The number of hydrogen-bond acceptors (Lipinski definition) is 2. The van der Waals surface area contributed by atoms with E-state index in [0.29, 0.717) is 18.2 Å². The van der Waals surface area contributed by atoms with E-state index in [1.807, 2.05) is 13.8 Å². The van der Waals surface area contributed by atoms with E-state index in [9.17, 15) is 4.79 Å². The monoisotopic (exact) mass is 185 g/mol. The SMILES string of the molecule is CCNCC(=O)[C@@H](C)CCC(C)C. The molecule has 1 atom stereocenters. The Morgan fingerprint density at radius 1 is 1.23 bits per heavy atom. The van der Waals surface area contributed by atoms with Gasteiger partial charge in [-0.2, -0.15) is 0 Å². The predicted octanol–water partition coefficient (Wildman–Crippen LogP) is 2.24. The highest BCUT2D eigenvalue weighted by molar-refractivity contribution is 5.82. The van der Waals surface area contributed by atoms with Crippen molar-refractivity contribution in [3.8, 4) is 0 Å².